The number of hydrogen-bond acceptors (Lipinski definition) is 4. The number of pyridine rings is 1. The zero-order chi connectivity index (χ0) is 15.9. The molecule has 0 radical (unpaired) electrons. The number of carbonyl (C=O) groups excluding carboxylic acids is 1. The number of benzene rings is 1. The van der Waals surface area contributed by atoms with Crippen molar-refractivity contribution in [2.45, 2.75) is 24.3 Å². The zero-order valence-corrected chi connectivity index (χ0v) is 13.5. The third-order valence-electron chi connectivity index (χ3n) is 3.39. The van der Waals surface area contributed by atoms with Gasteiger partial charge in [0, 0.05) is 17.5 Å². The van der Waals surface area contributed by atoms with Crippen LogP contribution in [0.5, 0.6) is 0 Å². The van der Waals surface area contributed by atoms with Gasteiger partial charge in [-0.15, -0.1) is 22.0 Å². The highest BCUT2D eigenvalue weighted by atomic mass is 32.2. The quantitative estimate of drug-likeness (QED) is 0.536. The molecule has 23 heavy (non-hydrogen) atoms. The first-order valence-corrected chi connectivity index (χ1v) is 8.55. The predicted octanol–water partition coefficient (Wildman–Crippen LogP) is 2.92. The highest BCUT2D eigenvalue weighted by Gasteiger charge is 2.06. The maximum atomic E-state index is 11.9. The average Bonchev–Trinajstić information content (AvgIpc) is 3.01. The molecule has 0 spiro atoms. The van der Waals surface area contributed by atoms with Crippen molar-refractivity contribution in [3.63, 3.8) is 0 Å². The van der Waals surface area contributed by atoms with E-state index in [-0.39, 0.29) is 5.91 Å². The van der Waals surface area contributed by atoms with E-state index in [4.69, 9.17) is 0 Å². The van der Waals surface area contributed by atoms with E-state index in [1.54, 1.807) is 11.8 Å². The minimum absolute atomic E-state index is 0.0475. The molecule has 1 amide bonds. The molecule has 0 unspecified atom stereocenters. The summed E-state index contributed by atoms with van der Waals surface area (Å²) < 4.78 is 1.88. The summed E-state index contributed by atoms with van der Waals surface area (Å²) in [5.41, 5.74) is 0.788. The Kier molecular flexibility index (Phi) is 5.26. The normalized spacial score (nSPS) is 10.8. The number of hydrogen-bond donors (Lipinski definition) is 1. The molecule has 0 aliphatic heterocycles. The number of nitrogens with zero attached hydrogens (tertiary/aromatic N) is 3. The second kappa shape index (κ2) is 7.78. The van der Waals surface area contributed by atoms with Gasteiger partial charge in [-0.25, -0.2) is 0 Å². The van der Waals surface area contributed by atoms with E-state index in [2.05, 4.69) is 27.6 Å². The van der Waals surface area contributed by atoms with Crippen molar-refractivity contribution in [1.82, 2.24) is 19.9 Å². The fraction of sp³-hybridized carbons (Fsp3) is 0.235. The van der Waals surface area contributed by atoms with Gasteiger partial charge in [0.2, 0.25) is 5.91 Å². The standard InChI is InChI=1S/C17H18N4OS/c22-17(10-6-12-23-14-7-2-1-3-8-14)18-13-16-20-19-15-9-4-5-11-21(15)16/h1-5,7-9,11H,6,10,12-13H2,(H,18,22). The van der Waals surface area contributed by atoms with Crippen LogP contribution in [0.3, 0.4) is 0 Å². The van der Waals surface area contributed by atoms with Crippen molar-refractivity contribution in [1.29, 1.82) is 0 Å². The summed E-state index contributed by atoms with van der Waals surface area (Å²) in [5, 5.41) is 11.1. The zero-order valence-electron chi connectivity index (χ0n) is 12.7. The third kappa shape index (κ3) is 4.32. The van der Waals surface area contributed by atoms with E-state index in [0.29, 0.717) is 13.0 Å². The highest BCUT2D eigenvalue weighted by molar-refractivity contribution is 7.99. The molecule has 0 aliphatic carbocycles. The van der Waals surface area contributed by atoms with Gasteiger partial charge in [-0.3, -0.25) is 9.20 Å². The Morgan fingerprint density at radius 3 is 2.78 bits per heavy atom. The van der Waals surface area contributed by atoms with E-state index in [1.807, 2.05) is 47.0 Å². The molecule has 1 aromatic carbocycles. The minimum Gasteiger partial charge on any atom is -0.349 e. The van der Waals surface area contributed by atoms with Crippen LogP contribution in [0.25, 0.3) is 5.65 Å². The molecule has 1 N–H and O–H groups in total. The molecule has 0 aliphatic rings. The van der Waals surface area contributed by atoms with Gasteiger partial charge in [0.05, 0.1) is 6.54 Å². The molecule has 6 heteroatoms. The topological polar surface area (TPSA) is 59.3 Å². The van der Waals surface area contributed by atoms with Crippen LogP contribution in [0.2, 0.25) is 0 Å². The van der Waals surface area contributed by atoms with Crippen LogP contribution in [0.1, 0.15) is 18.7 Å². The summed E-state index contributed by atoms with van der Waals surface area (Å²) in [6.45, 7) is 0.399. The third-order valence-corrected chi connectivity index (χ3v) is 4.49. The first kappa shape index (κ1) is 15.6. The molecule has 5 nitrogen and oxygen atoms in total. The Labute approximate surface area is 139 Å². The Hall–Kier alpha value is -2.34. The first-order valence-electron chi connectivity index (χ1n) is 7.56. The van der Waals surface area contributed by atoms with Gasteiger partial charge >= 0.3 is 0 Å². The summed E-state index contributed by atoms with van der Waals surface area (Å²) in [4.78, 5) is 13.1. The number of rotatable bonds is 7. The summed E-state index contributed by atoms with van der Waals surface area (Å²) in [7, 11) is 0. The van der Waals surface area contributed by atoms with E-state index in [0.717, 1.165) is 23.6 Å². The predicted molar refractivity (Wildman–Crippen MR) is 91.2 cm³/mol. The molecule has 0 bridgehead atoms. The van der Waals surface area contributed by atoms with Crippen LogP contribution in [0.15, 0.2) is 59.6 Å². The van der Waals surface area contributed by atoms with Crippen molar-refractivity contribution < 1.29 is 4.79 Å². The van der Waals surface area contributed by atoms with E-state index < -0.39 is 0 Å². The number of fused-ring (bicyclic) bond motifs is 1. The fourth-order valence-electron chi connectivity index (χ4n) is 2.22. The van der Waals surface area contributed by atoms with Crippen LogP contribution in [0, 0.1) is 0 Å². The maximum Gasteiger partial charge on any atom is 0.220 e. The van der Waals surface area contributed by atoms with Gasteiger partial charge in [-0.2, -0.15) is 0 Å². The first-order chi connectivity index (χ1) is 11.3. The lowest BCUT2D eigenvalue weighted by Crippen LogP contribution is -2.23. The SMILES string of the molecule is O=C(CCCSc1ccccc1)NCc1nnc2ccccn12. The van der Waals surface area contributed by atoms with Gasteiger partial charge < -0.3 is 5.32 Å². The van der Waals surface area contributed by atoms with Crippen molar-refractivity contribution >= 4 is 23.3 Å². The average molecular weight is 326 g/mol. The lowest BCUT2D eigenvalue weighted by Gasteiger charge is -2.04. The Bertz CT molecular complexity index is 772. The van der Waals surface area contributed by atoms with Gasteiger partial charge in [0.1, 0.15) is 0 Å². The summed E-state index contributed by atoms with van der Waals surface area (Å²) >= 11 is 1.77. The molecular weight excluding hydrogens is 308 g/mol. The van der Waals surface area contributed by atoms with Gasteiger partial charge in [-0.1, -0.05) is 24.3 Å². The fourth-order valence-corrected chi connectivity index (χ4v) is 3.09. The molecule has 0 fully saturated rings. The summed E-state index contributed by atoms with van der Waals surface area (Å²) in [6, 6.07) is 15.9. The van der Waals surface area contributed by atoms with E-state index in [1.165, 1.54) is 4.90 Å². The van der Waals surface area contributed by atoms with Gasteiger partial charge in [0.25, 0.3) is 0 Å². The summed E-state index contributed by atoms with van der Waals surface area (Å²) in [6.07, 6.45) is 3.27. The van der Waals surface area contributed by atoms with Crippen LogP contribution >= 0.6 is 11.8 Å². The second-order valence-corrected chi connectivity index (χ2v) is 6.26. The lowest BCUT2D eigenvalue weighted by atomic mass is 10.3. The molecule has 0 saturated carbocycles. The van der Waals surface area contributed by atoms with Crippen molar-refractivity contribution in [2.24, 2.45) is 0 Å². The van der Waals surface area contributed by atoms with Crippen molar-refractivity contribution in [2.75, 3.05) is 5.75 Å². The molecule has 2 heterocycles. The van der Waals surface area contributed by atoms with E-state index >= 15 is 0 Å². The van der Waals surface area contributed by atoms with Crippen LogP contribution in [-0.4, -0.2) is 26.3 Å². The van der Waals surface area contributed by atoms with Crippen molar-refractivity contribution in [3.05, 3.63) is 60.6 Å². The van der Waals surface area contributed by atoms with Gasteiger partial charge in [-0.05, 0) is 36.4 Å². The molecular formula is C17H18N4OS. The number of carbonyl (C=O) groups is 1. The highest BCUT2D eigenvalue weighted by Crippen LogP contribution is 2.18. The Balaban J connectivity index is 1.40. The Morgan fingerprint density at radius 1 is 1.09 bits per heavy atom. The van der Waals surface area contributed by atoms with Crippen LogP contribution in [-0.2, 0) is 11.3 Å². The molecule has 2 aromatic heterocycles. The number of thioether (sulfide) groups is 1. The lowest BCUT2D eigenvalue weighted by molar-refractivity contribution is -0.121. The maximum absolute atomic E-state index is 11.9. The van der Waals surface area contributed by atoms with E-state index in [9.17, 15) is 4.79 Å². The van der Waals surface area contributed by atoms with Crippen LogP contribution < -0.4 is 5.32 Å². The number of amides is 1. The summed E-state index contributed by atoms with van der Waals surface area (Å²) in [5.74, 6) is 1.73. The van der Waals surface area contributed by atoms with Gasteiger partial charge in [0.15, 0.2) is 11.5 Å². The monoisotopic (exact) mass is 326 g/mol. The molecule has 0 saturated heterocycles. The minimum atomic E-state index is 0.0475. The largest absolute Gasteiger partial charge is 0.349 e. The van der Waals surface area contributed by atoms with Crippen LogP contribution in [0.4, 0.5) is 0 Å². The van der Waals surface area contributed by atoms with Crippen molar-refractivity contribution in [3.8, 4) is 0 Å². The Morgan fingerprint density at radius 2 is 1.91 bits per heavy atom. The number of aromatic nitrogens is 3. The molecule has 3 rings (SSSR count). The smallest absolute Gasteiger partial charge is 0.220 e. The molecule has 118 valence electrons. The molecule has 0 atom stereocenters. The number of nitrogens with one attached hydrogen (secondary N) is 1. The molecule has 3 aromatic rings. The second-order valence-electron chi connectivity index (χ2n) is 5.09.